The van der Waals surface area contributed by atoms with Gasteiger partial charge in [-0.1, -0.05) is 0 Å². The minimum atomic E-state index is -0.705. The van der Waals surface area contributed by atoms with Crippen LogP contribution in [0, 0.1) is 5.82 Å². The second kappa shape index (κ2) is 5.34. The minimum Gasteiger partial charge on any atom is -0.506 e. The molecule has 0 bridgehead atoms. The molecule has 0 saturated carbocycles. The zero-order valence-corrected chi connectivity index (χ0v) is 13.1. The number of rotatable bonds is 1. The first-order valence-corrected chi connectivity index (χ1v) is 7.45. The molecular weight excluding hydrogens is 329 g/mol. The Bertz CT molecular complexity index is 966. The maximum absolute atomic E-state index is 13.6. The van der Waals surface area contributed by atoms with Crippen LogP contribution >= 0.6 is 0 Å². The van der Waals surface area contributed by atoms with Crippen LogP contribution in [0.3, 0.4) is 0 Å². The van der Waals surface area contributed by atoms with Gasteiger partial charge in [0.15, 0.2) is 11.5 Å². The van der Waals surface area contributed by atoms with Crippen molar-refractivity contribution in [2.75, 3.05) is 11.7 Å². The van der Waals surface area contributed by atoms with Crippen LogP contribution < -0.4 is 14.4 Å². The highest BCUT2D eigenvalue weighted by Crippen LogP contribution is 2.42. The van der Waals surface area contributed by atoms with Crippen LogP contribution in [0.15, 0.2) is 36.4 Å². The lowest BCUT2D eigenvalue weighted by Crippen LogP contribution is -2.31. The quantitative estimate of drug-likeness (QED) is 0.638. The van der Waals surface area contributed by atoms with E-state index in [1.165, 1.54) is 25.1 Å². The van der Waals surface area contributed by atoms with E-state index in [-0.39, 0.29) is 29.4 Å². The van der Waals surface area contributed by atoms with Gasteiger partial charge in [-0.05, 0) is 36.4 Å². The Morgan fingerprint density at radius 2 is 1.92 bits per heavy atom. The van der Waals surface area contributed by atoms with Gasteiger partial charge >= 0.3 is 0 Å². The first kappa shape index (κ1) is 15.2. The third kappa shape index (κ3) is 2.24. The van der Waals surface area contributed by atoms with Gasteiger partial charge in [0.05, 0.1) is 11.3 Å². The van der Waals surface area contributed by atoms with E-state index < -0.39 is 17.6 Å². The maximum atomic E-state index is 13.6. The maximum Gasteiger partial charge on any atom is 0.269 e. The molecule has 2 amide bonds. The van der Waals surface area contributed by atoms with Gasteiger partial charge < -0.3 is 14.6 Å². The highest BCUT2D eigenvalue weighted by atomic mass is 19.1. The van der Waals surface area contributed by atoms with Crippen molar-refractivity contribution >= 4 is 28.8 Å². The molecule has 2 aliphatic heterocycles. The van der Waals surface area contributed by atoms with E-state index in [1.54, 1.807) is 12.1 Å². The minimum absolute atomic E-state index is 0.0657. The molecule has 1 N–H and O–H groups in total. The van der Waals surface area contributed by atoms with E-state index in [0.717, 1.165) is 11.0 Å². The van der Waals surface area contributed by atoms with Gasteiger partial charge in [-0.25, -0.2) is 9.29 Å². The number of carbonyl (C=O) groups excluding carboxylic acids is 2. The predicted molar refractivity (Wildman–Crippen MR) is 86.6 cm³/mol. The van der Waals surface area contributed by atoms with Crippen LogP contribution in [-0.4, -0.2) is 23.7 Å². The third-order valence-corrected chi connectivity index (χ3v) is 4.08. The molecule has 2 aromatic carbocycles. The molecule has 0 radical (unpaired) electrons. The molecule has 2 aliphatic rings. The van der Waals surface area contributed by atoms with E-state index in [2.05, 4.69) is 0 Å². The highest BCUT2D eigenvalue weighted by molar-refractivity contribution is 6.42. The van der Waals surface area contributed by atoms with Crippen LogP contribution in [0.25, 0.3) is 11.3 Å². The lowest BCUT2D eigenvalue weighted by molar-refractivity contribution is -0.122. The van der Waals surface area contributed by atoms with Gasteiger partial charge in [-0.15, -0.1) is 0 Å². The van der Waals surface area contributed by atoms with E-state index in [4.69, 9.17) is 9.47 Å². The second-order valence-corrected chi connectivity index (χ2v) is 5.61. The summed E-state index contributed by atoms with van der Waals surface area (Å²) in [4.78, 5) is 25.3. The van der Waals surface area contributed by atoms with Gasteiger partial charge in [0.2, 0.25) is 12.7 Å². The molecule has 7 heteroatoms. The van der Waals surface area contributed by atoms with Gasteiger partial charge in [-0.3, -0.25) is 9.59 Å². The van der Waals surface area contributed by atoms with Gasteiger partial charge in [-0.2, -0.15) is 0 Å². The van der Waals surface area contributed by atoms with Crippen LogP contribution in [-0.2, 0) is 9.59 Å². The van der Waals surface area contributed by atoms with Crippen LogP contribution in [0.5, 0.6) is 11.5 Å². The molecular formula is C18H12FNO5. The summed E-state index contributed by atoms with van der Waals surface area (Å²) in [6.45, 7) is 1.28. The number of halogens is 1. The summed E-state index contributed by atoms with van der Waals surface area (Å²) in [5, 5.41) is 10.7. The molecule has 25 heavy (non-hydrogen) atoms. The fourth-order valence-electron chi connectivity index (χ4n) is 2.97. The summed E-state index contributed by atoms with van der Waals surface area (Å²) < 4.78 is 24.1. The smallest absolute Gasteiger partial charge is 0.269 e. The number of aliphatic hydroxyl groups is 1. The zero-order chi connectivity index (χ0) is 17.7. The number of amides is 2. The molecule has 0 aliphatic carbocycles. The fraction of sp³-hybridized carbons (Fsp3) is 0.111. The zero-order valence-electron chi connectivity index (χ0n) is 13.1. The first-order chi connectivity index (χ1) is 12.0. The Kier molecular flexibility index (Phi) is 3.24. The van der Waals surface area contributed by atoms with Crippen molar-refractivity contribution in [3.63, 3.8) is 0 Å². The Labute approximate surface area is 141 Å². The molecule has 0 spiro atoms. The number of hydrogen-bond donors (Lipinski definition) is 1. The number of ether oxygens (including phenoxy) is 2. The SMILES string of the molecule is CC(=O)N1C(=O)/C(=C(/O)c2ccc3c(c2)OCO3)c2ccc(F)cc21. The van der Waals surface area contributed by atoms with E-state index >= 15 is 0 Å². The van der Waals surface area contributed by atoms with Gasteiger partial charge in [0.1, 0.15) is 11.6 Å². The molecule has 4 rings (SSSR count). The molecule has 0 saturated heterocycles. The number of anilines is 1. The number of fused-ring (bicyclic) bond motifs is 2. The standard InChI is InChI=1S/C18H12FNO5/c1-9(21)20-13-7-11(19)3-4-12(13)16(18(20)23)17(22)10-2-5-14-15(6-10)25-8-24-14/h2-7,22H,8H2,1H3/b17-16+. The van der Waals surface area contributed by atoms with Crippen LogP contribution in [0.2, 0.25) is 0 Å². The Balaban J connectivity index is 1.91. The molecule has 0 fully saturated rings. The van der Waals surface area contributed by atoms with Crippen molar-refractivity contribution in [2.24, 2.45) is 0 Å². The topological polar surface area (TPSA) is 76.1 Å². The number of aliphatic hydroxyl groups excluding tert-OH is 1. The molecule has 6 nitrogen and oxygen atoms in total. The van der Waals surface area contributed by atoms with Crippen molar-refractivity contribution in [1.29, 1.82) is 0 Å². The number of imide groups is 1. The van der Waals surface area contributed by atoms with Crippen molar-refractivity contribution in [1.82, 2.24) is 0 Å². The Morgan fingerprint density at radius 1 is 1.16 bits per heavy atom. The van der Waals surface area contributed by atoms with Crippen molar-refractivity contribution in [3.05, 3.63) is 53.3 Å². The predicted octanol–water partition coefficient (Wildman–Crippen LogP) is 2.87. The largest absolute Gasteiger partial charge is 0.506 e. The summed E-state index contributed by atoms with van der Waals surface area (Å²) >= 11 is 0. The average Bonchev–Trinajstić information content (AvgIpc) is 3.14. The molecule has 2 aromatic rings. The summed E-state index contributed by atoms with van der Waals surface area (Å²) in [6.07, 6.45) is 0. The lowest BCUT2D eigenvalue weighted by Gasteiger charge is -2.12. The summed E-state index contributed by atoms with van der Waals surface area (Å²) in [5.41, 5.74) is 0.661. The lowest BCUT2D eigenvalue weighted by atomic mass is 10.0. The number of carbonyl (C=O) groups is 2. The molecule has 0 unspecified atom stereocenters. The van der Waals surface area contributed by atoms with Gasteiger partial charge in [0, 0.05) is 18.1 Å². The van der Waals surface area contributed by atoms with Crippen molar-refractivity contribution < 1.29 is 28.6 Å². The van der Waals surface area contributed by atoms with Crippen molar-refractivity contribution in [2.45, 2.75) is 6.92 Å². The molecule has 2 heterocycles. The monoisotopic (exact) mass is 341 g/mol. The number of hydrogen-bond acceptors (Lipinski definition) is 5. The van der Waals surface area contributed by atoms with E-state index in [9.17, 15) is 19.1 Å². The molecule has 126 valence electrons. The van der Waals surface area contributed by atoms with E-state index in [0.29, 0.717) is 17.1 Å². The average molecular weight is 341 g/mol. The molecule has 0 aromatic heterocycles. The Morgan fingerprint density at radius 3 is 2.68 bits per heavy atom. The second-order valence-electron chi connectivity index (χ2n) is 5.61. The Hall–Kier alpha value is -3.35. The van der Waals surface area contributed by atoms with Gasteiger partial charge in [0.25, 0.3) is 5.91 Å². The summed E-state index contributed by atoms with van der Waals surface area (Å²) in [6, 6.07) is 8.35. The van der Waals surface area contributed by atoms with Crippen molar-refractivity contribution in [3.8, 4) is 11.5 Å². The highest BCUT2D eigenvalue weighted by Gasteiger charge is 2.38. The third-order valence-electron chi connectivity index (χ3n) is 4.08. The fourth-order valence-corrected chi connectivity index (χ4v) is 2.97. The molecule has 0 atom stereocenters. The summed E-state index contributed by atoms with van der Waals surface area (Å²) in [5.74, 6) is -1.19. The normalized spacial score (nSPS) is 16.9. The van der Waals surface area contributed by atoms with E-state index in [1.807, 2.05) is 0 Å². The number of benzene rings is 2. The number of nitrogens with zero attached hydrogens (tertiary/aromatic N) is 1. The van der Waals surface area contributed by atoms with Crippen LogP contribution in [0.4, 0.5) is 10.1 Å². The first-order valence-electron chi connectivity index (χ1n) is 7.45. The summed E-state index contributed by atoms with van der Waals surface area (Å²) in [7, 11) is 0. The van der Waals surface area contributed by atoms with Crippen LogP contribution in [0.1, 0.15) is 18.1 Å².